The Labute approximate surface area is 199 Å². The number of carbonyl (C=O) groups excluding carboxylic acids is 2. The van der Waals surface area contributed by atoms with E-state index in [9.17, 15) is 14.0 Å². The number of halogens is 1. The maximum Gasteiger partial charge on any atom is 0.256 e. The molecule has 1 atom stereocenters. The fraction of sp³-hybridized carbons (Fsp3) is 0.400. The second-order valence-electron chi connectivity index (χ2n) is 8.04. The molecule has 0 spiro atoms. The van der Waals surface area contributed by atoms with Gasteiger partial charge >= 0.3 is 0 Å². The van der Waals surface area contributed by atoms with Gasteiger partial charge in [0.1, 0.15) is 17.6 Å². The first-order valence-corrected chi connectivity index (χ1v) is 11.7. The van der Waals surface area contributed by atoms with Crippen LogP contribution in [0.5, 0.6) is 5.75 Å². The first-order chi connectivity index (χ1) is 15.9. The average Bonchev–Trinajstić information content (AvgIpc) is 3.04. The summed E-state index contributed by atoms with van der Waals surface area (Å²) in [6.45, 7) is 2.77. The predicted octanol–water partition coefficient (Wildman–Crippen LogP) is 5.14. The zero-order chi connectivity index (χ0) is 23.8. The van der Waals surface area contributed by atoms with Gasteiger partial charge in [0.15, 0.2) is 5.11 Å². The Morgan fingerprint density at radius 3 is 2.36 bits per heavy atom. The van der Waals surface area contributed by atoms with Crippen LogP contribution in [-0.2, 0) is 9.59 Å². The SMILES string of the molecule is CCCCCCCN1C(=S)N(c2ccc(OC)cc2)C(=O)[C@@H]1CC(=O)Nc1ccc(F)cc1. The Morgan fingerprint density at radius 2 is 1.73 bits per heavy atom. The monoisotopic (exact) mass is 471 g/mol. The van der Waals surface area contributed by atoms with Gasteiger partial charge in [-0.05, 0) is 67.2 Å². The van der Waals surface area contributed by atoms with Crippen LogP contribution in [0.25, 0.3) is 0 Å². The number of nitrogens with one attached hydrogen (secondary N) is 1. The third-order valence-electron chi connectivity index (χ3n) is 5.66. The summed E-state index contributed by atoms with van der Waals surface area (Å²) in [6.07, 6.45) is 5.34. The van der Waals surface area contributed by atoms with E-state index in [1.807, 2.05) is 4.90 Å². The van der Waals surface area contributed by atoms with Gasteiger partial charge in [0.25, 0.3) is 5.91 Å². The summed E-state index contributed by atoms with van der Waals surface area (Å²) in [5, 5.41) is 3.15. The van der Waals surface area contributed by atoms with Crippen LogP contribution in [-0.4, -0.2) is 41.5 Å². The van der Waals surface area contributed by atoms with Crippen molar-refractivity contribution in [3.63, 3.8) is 0 Å². The quantitative estimate of drug-likeness (QED) is 0.363. The van der Waals surface area contributed by atoms with Crippen LogP contribution < -0.4 is 15.0 Å². The van der Waals surface area contributed by atoms with Gasteiger partial charge in [-0.3, -0.25) is 14.5 Å². The summed E-state index contributed by atoms with van der Waals surface area (Å²) in [4.78, 5) is 29.5. The Kier molecular flexibility index (Phi) is 8.77. The van der Waals surface area contributed by atoms with Crippen molar-refractivity contribution in [2.45, 2.75) is 51.5 Å². The fourth-order valence-corrected chi connectivity index (χ4v) is 4.28. The molecule has 1 aliphatic heterocycles. The highest BCUT2D eigenvalue weighted by Gasteiger charge is 2.43. The third kappa shape index (κ3) is 6.28. The lowest BCUT2D eigenvalue weighted by molar-refractivity contribution is -0.124. The highest BCUT2D eigenvalue weighted by molar-refractivity contribution is 7.80. The van der Waals surface area contributed by atoms with Crippen LogP contribution in [0.3, 0.4) is 0 Å². The van der Waals surface area contributed by atoms with E-state index in [1.54, 1.807) is 31.4 Å². The van der Waals surface area contributed by atoms with E-state index in [2.05, 4.69) is 12.2 Å². The highest BCUT2D eigenvalue weighted by atomic mass is 32.1. The number of ether oxygens (including phenoxy) is 1. The van der Waals surface area contributed by atoms with Gasteiger partial charge in [0.05, 0.1) is 19.2 Å². The lowest BCUT2D eigenvalue weighted by Crippen LogP contribution is -2.38. The smallest absolute Gasteiger partial charge is 0.256 e. The van der Waals surface area contributed by atoms with Gasteiger partial charge < -0.3 is 15.0 Å². The second kappa shape index (κ2) is 11.7. The first-order valence-electron chi connectivity index (χ1n) is 11.3. The molecule has 1 saturated heterocycles. The van der Waals surface area contributed by atoms with Crippen molar-refractivity contribution in [1.29, 1.82) is 0 Å². The summed E-state index contributed by atoms with van der Waals surface area (Å²) in [7, 11) is 1.58. The van der Waals surface area contributed by atoms with Crippen LogP contribution >= 0.6 is 12.2 Å². The van der Waals surface area contributed by atoms with E-state index in [1.165, 1.54) is 35.6 Å². The van der Waals surface area contributed by atoms with Crippen LogP contribution in [0.1, 0.15) is 45.4 Å². The van der Waals surface area contributed by atoms with E-state index in [4.69, 9.17) is 17.0 Å². The summed E-state index contributed by atoms with van der Waals surface area (Å²) in [5.41, 5.74) is 1.12. The third-order valence-corrected chi connectivity index (χ3v) is 6.08. The van der Waals surface area contributed by atoms with E-state index < -0.39 is 6.04 Å². The Morgan fingerprint density at radius 1 is 1.06 bits per heavy atom. The van der Waals surface area contributed by atoms with Crippen LogP contribution in [0.15, 0.2) is 48.5 Å². The van der Waals surface area contributed by atoms with Gasteiger partial charge in [0, 0.05) is 12.2 Å². The summed E-state index contributed by atoms with van der Waals surface area (Å²) < 4.78 is 18.4. The number of carbonyl (C=O) groups is 2. The predicted molar refractivity (Wildman–Crippen MR) is 132 cm³/mol. The lowest BCUT2D eigenvalue weighted by Gasteiger charge is -2.24. The highest BCUT2D eigenvalue weighted by Crippen LogP contribution is 2.29. The Bertz CT molecular complexity index is 966. The number of benzene rings is 2. The molecule has 0 radical (unpaired) electrons. The van der Waals surface area contributed by atoms with Crippen molar-refractivity contribution in [1.82, 2.24) is 4.90 Å². The molecule has 0 saturated carbocycles. The molecule has 33 heavy (non-hydrogen) atoms. The standard InChI is InChI=1S/C25H30FN3O3S/c1-3-4-5-6-7-16-28-22(17-23(30)27-19-10-8-18(26)9-11-19)24(31)29(25(28)33)20-12-14-21(32-2)15-13-20/h8-15,22H,3-7,16-17H2,1-2H3,(H,27,30)/t22-/m0/s1. The first kappa shape index (κ1) is 24.6. The van der Waals surface area contributed by atoms with Gasteiger partial charge in [-0.25, -0.2) is 4.39 Å². The summed E-state index contributed by atoms with van der Waals surface area (Å²) in [6, 6.07) is 12.0. The van der Waals surface area contributed by atoms with Crippen molar-refractivity contribution in [3.05, 3.63) is 54.3 Å². The molecule has 3 rings (SSSR count). The molecule has 2 aromatic rings. The average molecular weight is 472 g/mol. The number of unbranched alkanes of at least 4 members (excludes halogenated alkanes) is 4. The summed E-state index contributed by atoms with van der Waals surface area (Å²) >= 11 is 5.68. The molecule has 2 aromatic carbocycles. The maximum atomic E-state index is 13.4. The molecule has 8 heteroatoms. The van der Waals surface area contributed by atoms with Crippen LogP contribution in [0, 0.1) is 5.82 Å². The van der Waals surface area contributed by atoms with Crippen molar-refractivity contribution in [2.75, 3.05) is 23.9 Å². The molecule has 2 amide bonds. The van der Waals surface area contributed by atoms with E-state index in [0.717, 1.165) is 25.7 Å². The zero-order valence-electron chi connectivity index (χ0n) is 19.1. The van der Waals surface area contributed by atoms with Crippen molar-refractivity contribution in [3.8, 4) is 5.75 Å². The van der Waals surface area contributed by atoms with Crippen molar-refractivity contribution in [2.24, 2.45) is 0 Å². The molecular formula is C25H30FN3O3S. The minimum Gasteiger partial charge on any atom is -0.497 e. The Balaban J connectivity index is 1.75. The largest absolute Gasteiger partial charge is 0.497 e. The molecule has 0 aromatic heterocycles. The van der Waals surface area contributed by atoms with Gasteiger partial charge in [-0.15, -0.1) is 0 Å². The molecular weight excluding hydrogens is 441 g/mol. The minimum absolute atomic E-state index is 0.0437. The van der Waals surface area contributed by atoms with E-state index in [0.29, 0.717) is 28.8 Å². The van der Waals surface area contributed by atoms with Crippen molar-refractivity contribution < 1.29 is 18.7 Å². The number of amides is 2. The van der Waals surface area contributed by atoms with Gasteiger partial charge in [-0.2, -0.15) is 0 Å². The lowest BCUT2D eigenvalue weighted by atomic mass is 10.1. The number of anilines is 2. The zero-order valence-corrected chi connectivity index (χ0v) is 19.9. The van der Waals surface area contributed by atoms with E-state index in [-0.39, 0.29) is 24.1 Å². The van der Waals surface area contributed by atoms with Crippen LogP contribution in [0.2, 0.25) is 0 Å². The number of methoxy groups -OCH3 is 1. The second-order valence-corrected chi connectivity index (χ2v) is 8.40. The number of nitrogens with zero attached hydrogens (tertiary/aromatic N) is 2. The molecule has 0 bridgehead atoms. The topological polar surface area (TPSA) is 61.9 Å². The normalized spacial score (nSPS) is 15.8. The van der Waals surface area contributed by atoms with Crippen LogP contribution in [0.4, 0.5) is 15.8 Å². The van der Waals surface area contributed by atoms with E-state index >= 15 is 0 Å². The molecule has 176 valence electrons. The van der Waals surface area contributed by atoms with Gasteiger partial charge in [0.2, 0.25) is 5.91 Å². The fourth-order valence-electron chi connectivity index (χ4n) is 3.86. The molecule has 1 heterocycles. The maximum absolute atomic E-state index is 13.4. The number of hydrogen-bond acceptors (Lipinski definition) is 4. The molecule has 1 aliphatic rings. The minimum atomic E-state index is -0.689. The molecule has 0 aliphatic carbocycles. The molecule has 6 nitrogen and oxygen atoms in total. The van der Waals surface area contributed by atoms with Gasteiger partial charge in [-0.1, -0.05) is 32.6 Å². The molecule has 1 fully saturated rings. The number of hydrogen-bond donors (Lipinski definition) is 1. The van der Waals surface area contributed by atoms with Crippen molar-refractivity contribution >= 4 is 40.5 Å². The number of rotatable bonds is 11. The summed E-state index contributed by atoms with van der Waals surface area (Å²) in [5.74, 6) is -0.253. The molecule has 1 N–H and O–H groups in total. The molecule has 0 unspecified atom stereocenters. The number of thiocarbonyl (C=S) groups is 1. The Hall–Kier alpha value is -3.00.